The molecule has 1 saturated heterocycles. The van der Waals surface area contributed by atoms with Crippen molar-refractivity contribution < 1.29 is 23.4 Å². The summed E-state index contributed by atoms with van der Waals surface area (Å²) in [5.74, 6) is 1.27. The van der Waals surface area contributed by atoms with Crippen molar-refractivity contribution in [3.8, 4) is 11.8 Å². The molecule has 1 N–H and O–H groups in total. The number of urea groups is 1. The smallest absolute Gasteiger partial charge is 0.328 e. The van der Waals surface area contributed by atoms with Gasteiger partial charge in [-0.2, -0.15) is 5.26 Å². The number of carbonyl (C=O) groups excluding carboxylic acids is 1. The summed E-state index contributed by atoms with van der Waals surface area (Å²) in [5, 5.41) is 12.5. The SMILES string of the molecule is COC(OC)c1nc2c(cc1CO[Si](C)(C)C(C)(C)C)CCCN2C(=O)Nc1cc(OCC2CCCN2C)c(C#N)cn1. The number of hydrogen-bond donors (Lipinski definition) is 1. The average molecular weight is 611 g/mol. The van der Waals surface area contributed by atoms with Crippen LogP contribution in [0.4, 0.5) is 16.4 Å². The fourth-order valence-corrected chi connectivity index (χ4v) is 6.08. The summed E-state index contributed by atoms with van der Waals surface area (Å²) in [4.78, 5) is 26.7. The van der Waals surface area contributed by atoms with Crippen LogP contribution in [-0.2, 0) is 26.9 Å². The van der Waals surface area contributed by atoms with E-state index in [2.05, 4.69) is 68.2 Å². The maximum absolute atomic E-state index is 13.6. The van der Waals surface area contributed by atoms with E-state index in [-0.39, 0.29) is 11.1 Å². The highest BCUT2D eigenvalue weighted by Crippen LogP contribution is 2.38. The van der Waals surface area contributed by atoms with Crippen molar-refractivity contribution in [2.24, 2.45) is 0 Å². The van der Waals surface area contributed by atoms with Crippen LogP contribution >= 0.6 is 0 Å². The predicted molar refractivity (Wildman–Crippen MR) is 168 cm³/mol. The summed E-state index contributed by atoms with van der Waals surface area (Å²) in [6, 6.07) is 5.75. The summed E-state index contributed by atoms with van der Waals surface area (Å²) >= 11 is 0. The van der Waals surface area contributed by atoms with Gasteiger partial charge in [-0.15, -0.1) is 0 Å². The molecular formula is C31H46N6O5Si. The maximum Gasteiger partial charge on any atom is 0.328 e. The number of aromatic nitrogens is 2. The van der Waals surface area contributed by atoms with Crippen LogP contribution in [0.2, 0.25) is 18.1 Å². The lowest BCUT2D eigenvalue weighted by atomic mass is 10.0. The summed E-state index contributed by atoms with van der Waals surface area (Å²) in [7, 11) is 3.18. The molecule has 2 aliphatic rings. The number of nitrogens with one attached hydrogen (secondary N) is 1. The number of methoxy groups -OCH3 is 2. The molecule has 1 atom stereocenters. The topological polar surface area (TPSA) is 122 Å². The molecule has 0 radical (unpaired) electrons. The van der Waals surface area contributed by atoms with Gasteiger partial charge < -0.3 is 23.5 Å². The third kappa shape index (κ3) is 7.53. The monoisotopic (exact) mass is 610 g/mol. The predicted octanol–water partition coefficient (Wildman–Crippen LogP) is 5.62. The Morgan fingerprint density at radius 2 is 1.95 bits per heavy atom. The Kier molecular flexibility index (Phi) is 10.5. The number of ether oxygens (including phenoxy) is 3. The van der Waals surface area contributed by atoms with Gasteiger partial charge in [0.1, 0.15) is 41.3 Å². The Morgan fingerprint density at radius 3 is 2.58 bits per heavy atom. The van der Waals surface area contributed by atoms with Crippen LogP contribution in [0, 0.1) is 11.3 Å². The fourth-order valence-electron chi connectivity index (χ4n) is 5.13. The number of carbonyl (C=O) groups is 1. The average Bonchev–Trinajstić information content (AvgIpc) is 3.39. The molecule has 2 aliphatic heterocycles. The van der Waals surface area contributed by atoms with E-state index in [4.69, 9.17) is 23.6 Å². The molecule has 12 heteroatoms. The molecule has 11 nitrogen and oxygen atoms in total. The van der Waals surface area contributed by atoms with E-state index < -0.39 is 14.6 Å². The lowest BCUT2D eigenvalue weighted by Gasteiger charge is -2.36. The van der Waals surface area contributed by atoms with Crippen LogP contribution in [0.1, 0.15) is 68.7 Å². The van der Waals surface area contributed by atoms with Crippen molar-refractivity contribution in [3.05, 3.63) is 40.7 Å². The maximum atomic E-state index is 13.6. The van der Waals surface area contributed by atoms with Crippen LogP contribution in [0.5, 0.6) is 5.75 Å². The number of amides is 2. The third-order valence-electron chi connectivity index (χ3n) is 8.89. The van der Waals surface area contributed by atoms with E-state index >= 15 is 0 Å². The van der Waals surface area contributed by atoms with Crippen LogP contribution in [0.3, 0.4) is 0 Å². The number of fused-ring (bicyclic) bond motifs is 1. The van der Waals surface area contributed by atoms with Crippen LogP contribution in [-0.4, -0.2) is 76.2 Å². The minimum absolute atomic E-state index is 0.0584. The standard InChI is InChI=1S/C31H46N6O5Si/c1-31(2,3)43(7,8)42-19-22-15-21-11-9-14-37(28(21)35-27(22)29(39-5)40-6)30(38)34-26-16-25(23(17-32)18-33-26)41-20-24-12-10-13-36(24)4/h15-16,18,24,29H,9-14,19-20H2,1-8H3,(H,33,34,38). The number of aryl methyl sites for hydroxylation is 1. The first-order valence-corrected chi connectivity index (χ1v) is 17.8. The summed E-state index contributed by atoms with van der Waals surface area (Å²) in [5.41, 5.74) is 2.77. The Hall–Kier alpha value is -3.08. The van der Waals surface area contributed by atoms with Crippen LogP contribution in [0.15, 0.2) is 18.3 Å². The van der Waals surface area contributed by atoms with Gasteiger partial charge in [-0.1, -0.05) is 20.8 Å². The van der Waals surface area contributed by atoms with Crippen molar-refractivity contribution in [2.75, 3.05) is 51.2 Å². The van der Waals surface area contributed by atoms with Crippen molar-refractivity contribution >= 4 is 26.0 Å². The van der Waals surface area contributed by atoms with Gasteiger partial charge in [0, 0.05) is 38.4 Å². The number of hydrogen-bond acceptors (Lipinski definition) is 9. The number of anilines is 2. The normalized spacial score (nSPS) is 17.6. The molecule has 1 unspecified atom stereocenters. The fraction of sp³-hybridized carbons (Fsp3) is 0.613. The first kappa shape index (κ1) is 32.8. The van der Waals surface area contributed by atoms with E-state index in [0.717, 1.165) is 43.4 Å². The molecule has 0 aromatic carbocycles. The quantitative estimate of drug-likeness (QED) is 0.270. The van der Waals surface area contributed by atoms with Gasteiger partial charge in [-0.3, -0.25) is 10.2 Å². The largest absolute Gasteiger partial charge is 0.490 e. The molecule has 4 heterocycles. The van der Waals surface area contributed by atoms with E-state index in [9.17, 15) is 10.1 Å². The molecule has 0 aliphatic carbocycles. The van der Waals surface area contributed by atoms with Crippen LogP contribution in [0.25, 0.3) is 0 Å². The zero-order valence-corrected chi connectivity index (χ0v) is 27.8. The first-order valence-electron chi connectivity index (χ1n) is 14.9. The molecule has 2 aromatic heterocycles. The third-order valence-corrected chi connectivity index (χ3v) is 13.4. The zero-order valence-electron chi connectivity index (χ0n) is 26.8. The molecule has 234 valence electrons. The number of nitriles is 1. The molecule has 0 bridgehead atoms. The Labute approximate surface area is 256 Å². The van der Waals surface area contributed by atoms with Gasteiger partial charge in [-0.05, 0) is 69.0 Å². The van der Waals surface area contributed by atoms with E-state index in [1.807, 2.05) is 0 Å². The number of likely N-dealkylation sites (N-methyl/N-ethyl adjacent to an activating group) is 1. The Bertz CT molecular complexity index is 1340. The molecule has 2 amide bonds. The lowest BCUT2D eigenvalue weighted by Crippen LogP contribution is -2.41. The molecule has 4 rings (SSSR count). The van der Waals surface area contributed by atoms with Gasteiger partial charge >= 0.3 is 6.03 Å². The van der Waals surface area contributed by atoms with E-state index in [1.165, 1.54) is 6.20 Å². The summed E-state index contributed by atoms with van der Waals surface area (Å²) in [6.45, 7) is 13.4. The second-order valence-corrected chi connectivity index (χ2v) is 17.6. The number of likely N-dealkylation sites (tertiary alicyclic amines) is 1. The minimum atomic E-state index is -2.03. The molecule has 2 aromatic rings. The molecular weight excluding hydrogens is 564 g/mol. The van der Waals surface area contributed by atoms with Gasteiger partial charge in [0.05, 0.1) is 12.8 Å². The second kappa shape index (κ2) is 13.7. The summed E-state index contributed by atoms with van der Waals surface area (Å²) < 4.78 is 23.8. The van der Waals surface area contributed by atoms with Crippen molar-refractivity contribution in [2.45, 2.75) is 83.5 Å². The van der Waals surface area contributed by atoms with E-state index in [0.29, 0.717) is 54.4 Å². The molecule has 1 fully saturated rings. The highest BCUT2D eigenvalue weighted by molar-refractivity contribution is 6.74. The van der Waals surface area contributed by atoms with Crippen molar-refractivity contribution in [3.63, 3.8) is 0 Å². The Morgan fingerprint density at radius 1 is 1.21 bits per heavy atom. The number of rotatable bonds is 10. The van der Waals surface area contributed by atoms with Gasteiger partial charge in [0.15, 0.2) is 8.32 Å². The highest BCUT2D eigenvalue weighted by atomic mass is 28.4. The second-order valence-electron chi connectivity index (χ2n) is 12.8. The molecule has 0 spiro atoms. The van der Waals surface area contributed by atoms with E-state index in [1.54, 1.807) is 25.2 Å². The Balaban J connectivity index is 1.57. The van der Waals surface area contributed by atoms with Crippen molar-refractivity contribution in [1.29, 1.82) is 5.26 Å². The summed E-state index contributed by atoms with van der Waals surface area (Å²) in [6.07, 6.45) is 4.46. The van der Waals surface area contributed by atoms with Gasteiger partial charge in [0.2, 0.25) is 6.29 Å². The zero-order chi connectivity index (χ0) is 31.4. The van der Waals surface area contributed by atoms with Gasteiger partial charge in [0.25, 0.3) is 0 Å². The number of nitrogens with zero attached hydrogens (tertiary/aromatic N) is 5. The molecule has 43 heavy (non-hydrogen) atoms. The van der Waals surface area contributed by atoms with Crippen LogP contribution < -0.4 is 15.0 Å². The minimum Gasteiger partial charge on any atom is -0.490 e. The molecule has 0 saturated carbocycles. The van der Waals surface area contributed by atoms with Crippen molar-refractivity contribution in [1.82, 2.24) is 14.9 Å². The highest BCUT2D eigenvalue weighted by Gasteiger charge is 2.38. The van der Waals surface area contributed by atoms with Gasteiger partial charge in [-0.25, -0.2) is 14.8 Å². The lowest BCUT2D eigenvalue weighted by molar-refractivity contribution is -0.109. The first-order chi connectivity index (χ1) is 20.4. The number of pyridine rings is 2.